The van der Waals surface area contributed by atoms with Crippen molar-refractivity contribution < 1.29 is 196 Å². The Morgan fingerprint density at radius 2 is 0.670 bits per heavy atom. The van der Waals surface area contributed by atoms with Crippen LogP contribution in [0.5, 0.6) is 0 Å². The Bertz CT molecular complexity index is 2680. The summed E-state index contributed by atoms with van der Waals surface area (Å²) in [5, 5.41) is 98.4. The number of amides is 3. The number of aliphatic hydroxyl groups is 9. The zero-order valence-corrected chi connectivity index (χ0v) is 67.9. The normalized spacial score (nSPS) is 30.3. The third-order valence-corrected chi connectivity index (χ3v) is 21.9. The molecule has 4 aliphatic heterocycles. The van der Waals surface area contributed by atoms with E-state index in [2.05, 4.69) is 16.0 Å². The number of ether oxygens (including phenoxy) is 10. The van der Waals surface area contributed by atoms with Crippen molar-refractivity contribution in [2.45, 2.75) is 234 Å². The predicted molar refractivity (Wildman–Crippen MR) is 385 cm³/mol. The van der Waals surface area contributed by atoms with Gasteiger partial charge in [0.25, 0.3) is 0 Å². The number of rotatable bonds is 62. The molecule has 3 amide bonds. The highest BCUT2D eigenvalue weighted by atomic mass is 31.2. The van der Waals surface area contributed by atoms with Crippen LogP contribution in [0.2, 0.25) is 0 Å². The molecule has 0 aromatic carbocycles. The van der Waals surface area contributed by atoms with Crippen molar-refractivity contribution in [2.24, 2.45) is 5.41 Å². The fourth-order valence-corrected chi connectivity index (χ4v) is 15.5. The van der Waals surface area contributed by atoms with Crippen LogP contribution < -0.4 is 16.0 Å². The molecule has 4 saturated heterocycles. The van der Waals surface area contributed by atoms with Gasteiger partial charge in [0.15, 0.2) is 18.9 Å². The monoisotopic (exact) mass is 1730 g/mol. The second kappa shape index (κ2) is 53.2. The predicted octanol–water partition coefficient (Wildman–Crippen LogP) is -1.23. The zero-order chi connectivity index (χ0) is 83.1. The molecule has 4 heterocycles. The molecule has 17 N–H and O–H groups in total. The van der Waals surface area contributed by atoms with Gasteiger partial charge in [0.1, 0.15) is 87.0 Å². The lowest BCUT2D eigenvalue weighted by Crippen LogP contribution is -2.64. The molecule has 50 heteroatoms. The van der Waals surface area contributed by atoms with Gasteiger partial charge in [0, 0.05) is 73.1 Å². The summed E-state index contributed by atoms with van der Waals surface area (Å²) in [5.74, 6) is -1.55. The van der Waals surface area contributed by atoms with Gasteiger partial charge in [-0.1, -0.05) is 38.5 Å². The van der Waals surface area contributed by atoms with Crippen LogP contribution >= 0.6 is 38.9 Å². The summed E-state index contributed by atoms with van der Waals surface area (Å²) in [5.41, 5.74) is -1.60. The van der Waals surface area contributed by atoms with Crippen molar-refractivity contribution in [3.05, 3.63) is 0 Å². The zero-order valence-electron chi connectivity index (χ0n) is 63.4. The molecule has 0 spiro atoms. The Kier molecular flexibility index (Phi) is 48.7. The summed E-state index contributed by atoms with van der Waals surface area (Å²) >= 11 is 0. The maximum atomic E-state index is 13.7. The average Bonchev–Trinajstić information content (AvgIpc) is 0.976. The quantitative estimate of drug-likeness (QED) is 0.0193. The highest BCUT2D eigenvalue weighted by Crippen LogP contribution is 2.49. The molecule has 4 aliphatic rings. The van der Waals surface area contributed by atoms with E-state index < -0.39 is 245 Å². The maximum Gasteiger partial charge on any atom is 0.472 e. The first-order valence-corrected chi connectivity index (χ1v) is 45.0. The minimum atomic E-state index is -5.14. The van der Waals surface area contributed by atoms with E-state index in [0.717, 1.165) is 6.66 Å². The first-order chi connectivity index (χ1) is 52.9. The topological polar surface area (TPSA) is 631 Å². The summed E-state index contributed by atoms with van der Waals surface area (Å²) in [6.07, 6.45) is -13.2. The van der Waals surface area contributed by atoms with Gasteiger partial charge in [-0.2, -0.15) is 0 Å². The van der Waals surface area contributed by atoms with Gasteiger partial charge in [0.05, 0.1) is 104 Å². The Hall–Kier alpha value is -1.70. The lowest BCUT2D eigenvalue weighted by molar-refractivity contribution is -0.270. The first kappa shape index (κ1) is 103. The molecule has 656 valence electrons. The first-order valence-electron chi connectivity index (χ1n) is 37.0. The maximum absolute atomic E-state index is 13.7. The highest BCUT2D eigenvalue weighted by Gasteiger charge is 2.49. The molecule has 0 aromatic heterocycles. The van der Waals surface area contributed by atoms with E-state index in [1.54, 1.807) is 0 Å². The number of phosphoric acid groups is 4. The van der Waals surface area contributed by atoms with Crippen molar-refractivity contribution in [3.63, 3.8) is 0 Å². The molecule has 12 unspecified atom stereocenters. The lowest BCUT2D eigenvalue weighted by Gasteiger charge is -2.42. The number of carbonyl (C=O) groups is 3. The van der Waals surface area contributed by atoms with E-state index in [9.17, 15) is 108 Å². The summed E-state index contributed by atoms with van der Waals surface area (Å²) in [4.78, 5) is 87.6. The fraction of sp³-hybridized carbons (Fsp3) is 0.952. The Labute approximate surface area is 651 Å². The summed E-state index contributed by atoms with van der Waals surface area (Å²) < 4.78 is 168. The van der Waals surface area contributed by atoms with Gasteiger partial charge in [-0.3, -0.25) is 55.1 Å². The van der Waals surface area contributed by atoms with Crippen LogP contribution in [0, 0.1) is 5.41 Å². The Morgan fingerprint density at radius 3 is 0.955 bits per heavy atom. The van der Waals surface area contributed by atoms with Gasteiger partial charge in [-0.25, -0.2) is 18.3 Å². The molecule has 4 fully saturated rings. The Balaban J connectivity index is 1.34. The van der Waals surface area contributed by atoms with E-state index in [1.807, 2.05) is 0 Å². The van der Waals surface area contributed by atoms with Crippen LogP contribution in [0.3, 0.4) is 0 Å². The summed E-state index contributed by atoms with van der Waals surface area (Å²) in [6.45, 7) is -2.25. The molecular formula is C62H119BN3O41P5. The SMILES string of the molecule is [B][C@H]1CC(OP(C)(=O)O)[C@@H](COP(=O)(O)OCC(COCCCOP(=O)(O)OCCCCCCO[C@@H]2OC(CO)[C@H](O)C(O)[C@@H]2NC(C)=O)(COCCCOP(=O)(O)OCCCCCCO[C@@H]2OC(CO)[C@H](O)C(O)[C@@H]2NC(C)=O)COCCCOP(=O)(O)OCCCCCCO[C@@H]2OC(CO)[C@H](O)C(O)[C@@H]2NC(C)=O)O1. The standard InChI is InChI=1S/C62H119BN3O41P5/c1-41(70)64-50-56(76)53(73)45(33-67)104-59(50)92-23-11-5-8-14-26-95-109(81,82)98-29-17-20-89-37-62(40-102-112(87,88)101-36-48-44(32-49(63)103-48)107-108(4,79)80,38-90-21-18-30-99-110(83,84)96-27-15-9-6-12-24-93-60-51(65-42(2)71)57(77)54(74)46(34-68)105-60)39-91-22-19-31-100-111(85,86)97-28-16-10-7-13-25-94-61-52(66-43(3)72)58(78)55(75)47(35-69)106-61/h44-61,67-69,73-78H,5-40H2,1-4H3,(H,64,70)(H,65,71)(H,66,72)(H,79,80)(H,81,82)(H,83,84)(H,85,86)(H,87,88)/t44?,45?,46?,47?,48-,49-,50+,51+,52+,53+,54+,55+,56?,57?,58?,59-,60-,61-,62?/m1/s1. The second-order valence-electron chi connectivity index (χ2n) is 27.2. The number of phosphoric ester groups is 4. The lowest BCUT2D eigenvalue weighted by atomic mass is 9.92. The van der Waals surface area contributed by atoms with Gasteiger partial charge < -0.3 is 138 Å². The van der Waals surface area contributed by atoms with Crippen LogP contribution in [0.4, 0.5) is 0 Å². The van der Waals surface area contributed by atoms with E-state index in [4.69, 9.17) is 95.9 Å². The van der Waals surface area contributed by atoms with E-state index in [-0.39, 0.29) is 85.1 Å². The molecule has 0 saturated carbocycles. The summed E-state index contributed by atoms with van der Waals surface area (Å²) in [6, 6.07) is -4.35. The Morgan fingerprint density at radius 1 is 0.384 bits per heavy atom. The average molecular weight is 1730 g/mol. The molecule has 44 nitrogen and oxygen atoms in total. The molecule has 0 aromatic rings. The van der Waals surface area contributed by atoms with E-state index in [0.29, 0.717) is 77.0 Å². The van der Waals surface area contributed by atoms with Crippen LogP contribution in [-0.2, 0) is 125 Å². The van der Waals surface area contributed by atoms with Crippen molar-refractivity contribution >= 4 is 64.5 Å². The number of aliphatic hydroxyl groups excluding tert-OH is 9. The third-order valence-electron chi connectivity index (χ3n) is 17.3. The fourth-order valence-electron chi connectivity index (χ4n) is 11.6. The number of unbranched alkanes of at least 4 members (excludes halogenated alkanes) is 9. The molecule has 23 atom stereocenters. The highest BCUT2D eigenvalue weighted by molar-refractivity contribution is 7.52. The molecule has 2 radical (unpaired) electrons. The number of nitrogens with one attached hydrogen (secondary N) is 3. The second-order valence-corrected chi connectivity index (χ2v) is 34.8. The number of hydrogen-bond acceptors (Lipinski definition) is 36. The molecular weight excluding hydrogens is 1610 g/mol. The van der Waals surface area contributed by atoms with Crippen LogP contribution in [0.15, 0.2) is 0 Å². The van der Waals surface area contributed by atoms with Crippen LogP contribution in [0.25, 0.3) is 0 Å². The van der Waals surface area contributed by atoms with E-state index in [1.165, 1.54) is 20.8 Å². The third kappa shape index (κ3) is 40.6. The van der Waals surface area contributed by atoms with Gasteiger partial charge >= 0.3 is 38.9 Å². The molecule has 0 bridgehead atoms. The van der Waals surface area contributed by atoms with Crippen LogP contribution in [0.1, 0.15) is 124 Å². The van der Waals surface area contributed by atoms with Gasteiger partial charge in [-0.15, -0.1) is 0 Å². The van der Waals surface area contributed by atoms with Crippen LogP contribution in [-0.4, -0.2) is 345 Å². The molecule has 4 rings (SSSR count). The molecule has 112 heavy (non-hydrogen) atoms. The minimum absolute atomic E-state index is 0.0520. The summed E-state index contributed by atoms with van der Waals surface area (Å²) in [7, 11) is -17.2. The number of hydrogen-bond donors (Lipinski definition) is 17. The van der Waals surface area contributed by atoms with Crippen molar-refractivity contribution in [1.29, 1.82) is 0 Å². The van der Waals surface area contributed by atoms with Gasteiger partial charge in [0.2, 0.25) is 17.7 Å². The smallest absolute Gasteiger partial charge is 0.394 e. The number of carbonyl (C=O) groups excluding carboxylic acids is 3. The minimum Gasteiger partial charge on any atom is -0.394 e. The largest absolute Gasteiger partial charge is 0.472 e. The van der Waals surface area contributed by atoms with Crippen molar-refractivity contribution in [1.82, 2.24) is 16.0 Å². The van der Waals surface area contributed by atoms with Gasteiger partial charge in [-0.05, 0) is 64.2 Å². The van der Waals surface area contributed by atoms with Crippen molar-refractivity contribution in [2.75, 3.05) is 139 Å². The van der Waals surface area contributed by atoms with Crippen molar-refractivity contribution in [3.8, 4) is 0 Å². The van der Waals surface area contributed by atoms with E-state index >= 15 is 0 Å². The molecule has 0 aliphatic carbocycles.